The van der Waals surface area contributed by atoms with E-state index in [1.54, 1.807) is 7.11 Å². The molecular formula is C20H33N3O3. The fraction of sp³-hybridized carbons (Fsp3) is 0.650. The Balaban J connectivity index is 1.70. The molecule has 1 atom stereocenters. The predicted molar refractivity (Wildman–Crippen MR) is 104 cm³/mol. The van der Waals surface area contributed by atoms with Gasteiger partial charge in [-0.25, -0.2) is 4.99 Å². The molecule has 6 heteroatoms. The number of nitrogens with zero attached hydrogens (tertiary/aromatic N) is 1. The van der Waals surface area contributed by atoms with E-state index in [1.807, 2.05) is 12.1 Å². The van der Waals surface area contributed by atoms with Crippen LogP contribution >= 0.6 is 0 Å². The second-order valence-electron chi connectivity index (χ2n) is 6.48. The maximum atomic E-state index is 5.74. The van der Waals surface area contributed by atoms with Crippen molar-refractivity contribution in [2.75, 3.05) is 46.6 Å². The molecule has 1 aliphatic heterocycles. The Hall–Kier alpha value is -1.63. The van der Waals surface area contributed by atoms with Crippen LogP contribution in [0.2, 0.25) is 0 Å². The molecule has 0 amide bonds. The van der Waals surface area contributed by atoms with Crippen LogP contribution in [0.25, 0.3) is 0 Å². The van der Waals surface area contributed by atoms with E-state index in [4.69, 9.17) is 14.2 Å². The minimum absolute atomic E-state index is 0.578. The van der Waals surface area contributed by atoms with Gasteiger partial charge >= 0.3 is 0 Å². The average molecular weight is 364 g/mol. The number of aliphatic imine (C=N–C) groups is 1. The molecule has 1 aromatic carbocycles. The van der Waals surface area contributed by atoms with Crippen molar-refractivity contribution in [3.8, 4) is 0 Å². The first-order valence-electron chi connectivity index (χ1n) is 9.56. The van der Waals surface area contributed by atoms with Crippen molar-refractivity contribution in [2.45, 2.75) is 32.9 Å². The zero-order valence-electron chi connectivity index (χ0n) is 16.1. The van der Waals surface area contributed by atoms with Gasteiger partial charge in [-0.3, -0.25) is 0 Å². The number of methoxy groups -OCH3 is 1. The van der Waals surface area contributed by atoms with Gasteiger partial charge in [-0.1, -0.05) is 24.3 Å². The Morgan fingerprint density at radius 3 is 2.85 bits per heavy atom. The van der Waals surface area contributed by atoms with Crippen LogP contribution in [-0.2, 0) is 27.4 Å². The molecular weight excluding hydrogens is 330 g/mol. The van der Waals surface area contributed by atoms with Gasteiger partial charge in [0, 0.05) is 39.3 Å². The summed E-state index contributed by atoms with van der Waals surface area (Å²) < 4.78 is 16.4. The molecule has 1 fully saturated rings. The number of hydrogen-bond acceptors (Lipinski definition) is 4. The Morgan fingerprint density at radius 1 is 1.27 bits per heavy atom. The van der Waals surface area contributed by atoms with E-state index in [0.29, 0.717) is 19.1 Å². The average Bonchev–Trinajstić information content (AvgIpc) is 3.17. The smallest absolute Gasteiger partial charge is 0.191 e. The van der Waals surface area contributed by atoms with Gasteiger partial charge in [0.2, 0.25) is 0 Å². The third-order valence-electron chi connectivity index (χ3n) is 4.31. The van der Waals surface area contributed by atoms with Crippen molar-refractivity contribution in [1.82, 2.24) is 10.6 Å². The number of ether oxygens (including phenoxy) is 3. The molecule has 1 heterocycles. The molecule has 26 heavy (non-hydrogen) atoms. The highest BCUT2D eigenvalue weighted by atomic mass is 16.5. The highest BCUT2D eigenvalue weighted by Crippen LogP contribution is 2.12. The number of nitrogens with one attached hydrogen (secondary N) is 2. The van der Waals surface area contributed by atoms with Crippen molar-refractivity contribution in [2.24, 2.45) is 10.9 Å². The standard InChI is InChI=1S/C20H33N3O3/c1-3-21-20(22-10-6-11-25-14-17-9-12-26-15-17)23-13-18-7-4-5-8-19(18)16-24-2/h4-5,7-8,17H,3,6,9-16H2,1-2H3,(H2,21,22,23). The monoisotopic (exact) mass is 363 g/mol. The Morgan fingerprint density at radius 2 is 2.12 bits per heavy atom. The maximum absolute atomic E-state index is 5.74. The number of guanidine groups is 1. The lowest BCUT2D eigenvalue weighted by molar-refractivity contribution is 0.0888. The summed E-state index contributed by atoms with van der Waals surface area (Å²) >= 11 is 0. The van der Waals surface area contributed by atoms with Crippen LogP contribution in [0.15, 0.2) is 29.3 Å². The summed E-state index contributed by atoms with van der Waals surface area (Å²) in [7, 11) is 1.72. The summed E-state index contributed by atoms with van der Waals surface area (Å²) in [5.74, 6) is 1.41. The molecule has 146 valence electrons. The molecule has 0 radical (unpaired) electrons. The fourth-order valence-electron chi connectivity index (χ4n) is 2.86. The summed E-state index contributed by atoms with van der Waals surface area (Å²) in [4.78, 5) is 4.69. The molecule has 1 aromatic rings. The molecule has 0 bridgehead atoms. The molecule has 6 nitrogen and oxygen atoms in total. The summed E-state index contributed by atoms with van der Waals surface area (Å²) in [6.45, 7) is 8.29. The van der Waals surface area contributed by atoms with E-state index in [0.717, 1.165) is 58.3 Å². The van der Waals surface area contributed by atoms with Crippen LogP contribution in [0, 0.1) is 5.92 Å². The highest BCUT2D eigenvalue weighted by Gasteiger charge is 2.15. The first kappa shape index (κ1) is 20.7. The van der Waals surface area contributed by atoms with Crippen LogP contribution in [0.3, 0.4) is 0 Å². The van der Waals surface area contributed by atoms with E-state index >= 15 is 0 Å². The van der Waals surface area contributed by atoms with Crippen molar-refractivity contribution < 1.29 is 14.2 Å². The van der Waals surface area contributed by atoms with Gasteiger partial charge in [-0.2, -0.15) is 0 Å². The van der Waals surface area contributed by atoms with Gasteiger partial charge in [0.25, 0.3) is 0 Å². The number of benzene rings is 1. The fourth-order valence-corrected chi connectivity index (χ4v) is 2.86. The summed E-state index contributed by atoms with van der Waals surface area (Å²) in [6, 6.07) is 8.25. The number of rotatable bonds is 11. The lowest BCUT2D eigenvalue weighted by Gasteiger charge is -2.13. The van der Waals surface area contributed by atoms with E-state index in [9.17, 15) is 0 Å². The van der Waals surface area contributed by atoms with E-state index in [2.05, 4.69) is 34.7 Å². The van der Waals surface area contributed by atoms with Crippen molar-refractivity contribution in [1.29, 1.82) is 0 Å². The lowest BCUT2D eigenvalue weighted by atomic mass is 10.1. The summed E-state index contributed by atoms with van der Waals surface area (Å²) in [5.41, 5.74) is 2.37. The summed E-state index contributed by atoms with van der Waals surface area (Å²) in [6.07, 6.45) is 2.08. The molecule has 2 rings (SSSR count). The molecule has 0 aromatic heterocycles. The minimum atomic E-state index is 0.578. The summed E-state index contributed by atoms with van der Waals surface area (Å²) in [5, 5.41) is 6.66. The van der Waals surface area contributed by atoms with Crippen molar-refractivity contribution in [3.05, 3.63) is 35.4 Å². The van der Waals surface area contributed by atoms with Gasteiger partial charge in [0.1, 0.15) is 0 Å². The topological polar surface area (TPSA) is 64.1 Å². The molecule has 0 aliphatic carbocycles. The minimum Gasteiger partial charge on any atom is -0.381 e. The molecule has 1 aliphatic rings. The van der Waals surface area contributed by atoms with E-state index in [-0.39, 0.29) is 0 Å². The molecule has 0 spiro atoms. The molecule has 0 saturated carbocycles. The second-order valence-corrected chi connectivity index (χ2v) is 6.48. The first-order chi connectivity index (χ1) is 12.8. The van der Waals surface area contributed by atoms with Gasteiger partial charge < -0.3 is 24.8 Å². The second kappa shape index (κ2) is 12.7. The van der Waals surface area contributed by atoms with Gasteiger partial charge in [-0.05, 0) is 30.9 Å². The highest BCUT2D eigenvalue weighted by molar-refractivity contribution is 5.79. The normalized spacial score (nSPS) is 17.5. The van der Waals surface area contributed by atoms with Crippen LogP contribution in [0.5, 0.6) is 0 Å². The lowest BCUT2D eigenvalue weighted by Crippen LogP contribution is -2.38. The number of hydrogen-bond donors (Lipinski definition) is 2. The first-order valence-corrected chi connectivity index (χ1v) is 9.56. The van der Waals surface area contributed by atoms with Gasteiger partial charge in [0.05, 0.1) is 26.4 Å². The van der Waals surface area contributed by atoms with E-state index in [1.165, 1.54) is 11.1 Å². The maximum Gasteiger partial charge on any atom is 0.191 e. The Bertz CT molecular complexity index is 531. The molecule has 1 unspecified atom stereocenters. The zero-order chi connectivity index (χ0) is 18.5. The zero-order valence-corrected chi connectivity index (χ0v) is 16.1. The van der Waals surface area contributed by atoms with Gasteiger partial charge in [-0.15, -0.1) is 0 Å². The quantitative estimate of drug-likeness (QED) is 0.359. The predicted octanol–water partition coefficient (Wildman–Crippen LogP) is 2.33. The largest absolute Gasteiger partial charge is 0.381 e. The van der Waals surface area contributed by atoms with Crippen LogP contribution in [0.1, 0.15) is 30.9 Å². The van der Waals surface area contributed by atoms with Crippen LogP contribution < -0.4 is 10.6 Å². The SMILES string of the molecule is CCNC(=NCc1ccccc1COC)NCCCOCC1CCOC1. The van der Waals surface area contributed by atoms with Gasteiger partial charge in [0.15, 0.2) is 5.96 Å². The Kier molecular flexibility index (Phi) is 10.1. The van der Waals surface area contributed by atoms with Crippen LogP contribution in [-0.4, -0.2) is 52.6 Å². The Labute approximate surface area is 157 Å². The third-order valence-corrected chi connectivity index (χ3v) is 4.31. The molecule has 1 saturated heterocycles. The van der Waals surface area contributed by atoms with Crippen molar-refractivity contribution >= 4 is 5.96 Å². The van der Waals surface area contributed by atoms with Crippen LogP contribution in [0.4, 0.5) is 0 Å². The third kappa shape index (κ3) is 7.72. The molecule has 2 N–H and O–H groups in total. The van der Waals surface area contributed by atoms with Crippen molar-refractivity contribution in [3.63, 3.8) is 0 Å². The van der Waals surface area contributed by atoms with E-state index < -0.39 is 0 Å².